The van der Waals surface area contributed by atoms with Crippen molar-refractivity contribution in [1.29, 1.82) is 0 Å². The van der Waals surface area contributed by atoms with Gasteiger partial charge < -0.3 is 10.1 Å². The molecular weight excluding hydrogens is 602 g/mol. The zero-order valence-corrected chi connectivity index (χ0v) is 25.8. The first kappa shape index (κ1) is 29.3. The van der Waals surface area contributed by atoms with E-state index in [4.69, 9.17) is 16.3 Å². The number of fused-ring (bicyclic) bond motifs is 1. The van der Waals surface area contributed by atoms with Crippen molar-refractivity contribution >= 4 is 54.6 Å². The SMILES string of the molecule is COc1ccc2c(Cl)c(C(=O)Nc3ccc(S(=O)(=O)N4CCN(C(c5ccccc5)c5ccccc5)CC4)cc3)sc2c1. The summed E-state index contributed by atoms with van der Waals surface area (Å²) in [6, 6.07) is 32.4. The predicted octanol–water partition coefficient (Wildman–Crippen LogP) is 6.91. The van der Waals surface area contributed by atoms with Crippen LogP contribution in [-0.4, -0.2) is 56.8 Å². The Labute approximate surface area is 260 Å². The van der Waals surface area contributed by atoms with Crippen LogP contribution in [0.3, 0.4) is 0 Å². The lowest BCUT2D eigenvalue weighted by atomic mass is 9.96. The highest BCUT2D eigenvalue weighted by Crippen LogP contribution is 2.38. The zero-order valence-electron chi connectivity index (χ0n) is 23.4. The Morgan fingerprint density at radius 2 is 1.47 bits per heavy atom. The number of hydrogen-bond acceptors (Lipinski definition) is 6. The number of nitrogens with zero attached hydrogens (tertiary/aromatic N) is 2. The van der Waals surface area contributed by atoms with Crippen LogP contribution in [-0.2, 0) is 10.0 Å². The van der Waals surface area contributed by atoms with E-state index in [1.54, 1.807) is 25.3 Å². The number of amides is 1. The molecule has 1 aliphatic heterocycles. The standard InChI is InChI=1S/C33H30ClN3O4S2/c1-41-26-14-17-28-29(22-26)42-32(30(28)34)33(38)35-25-12-15-27(16-13-25)43(39,40)37-20-18-36(19-21-37)31(23-8-4-2-5-9-23)24-10-6-3-7-11-24/h2-17,22,31H,18-21H2,1H3,(H,35,38). The van der Waals surface area contributed by atoms with Crippen molar-refractivity contribution in [1.82, 2.24) is 9.21 Å². The molecule has 0 bridgehead atoms. The molecular formula is C33H30ClN3O4S2. The Balaban J connectivity index is 1.13. The van der Waals surface area contributed by atoms with Gasteiger partial charge in [-0.05, 0) is 53.6 Å². The number of anilines is 1. The van der Waals surface area contributed by atoms with Crippen LogP contribution in [0.15, 0.2) is 108 Å². The van der Waals surface area contributed by atoms with E-state index in [0.717, 1.165) is 10.1 Å². The summed E-state index contributed by atoms with van der Waals surface area (Å²) in [4.78, 5) is 15.9. The second-order valence-electron chi connectivity index (χ2n) is 10.2. The number of halogens is 1. The van der Waals surface area contributed by atoms with Gasteiger partial charge in [-0.3, -0.25) is 9.69 Å². The molecule has 6 rings (SSSR count). The summed E-state index contributed by atoms with van der Waals surface area (Å²) in [6.45, 7) is 1.96. The molecule has 1 aliphatic rings. The number of thiophene rings is 1. The third kappa shape index (κ3) is 6.04. The third-order valence-electron chi connectivity index (χ3n) is 7.66. The van der Waals surface area contributed by atoms with E-state index in [1.165, 1.54) is 38.9 Å². The summed E-state index contributed by atoms with van der Waals surface area (Å²) in [5.41, 5.74) is 2.84. The number of nitrogens with one attached hydrogen (secondary N) is 1. The third-order valence-corrected chi connectivity index (χ3v) is 11.2. The van der Waals surface area contributed by atoms with Gasteiger partial charge in [0.15, 0.2) is 0 Å². The lowest BCUT2D eigenvalue weighted by Crippen LogP contribution is -2.49. The van der Waals surface area contributed by atoms with E-state index in [1.807, 2.05) is 48.5 Å². The van der Waals surface area contributed by atoms with Crippen LogP contribution in [0.4, 0.5) is 5.69 Å². The van der Waals surface area contributed by atoms with Gasteiger partial charge in [0.25, 0.3) is 5.91 Å². The maximum atomic E-state index is 13.5. The van der Waals surface area contributed by atoms with Gasteiger partial charge in [0, 0.05) is 42.0 Å². The van der Waals surface area contributed by atoms with Gasteiger partial charge in [0.1, 0.15) is 10.6 Å². The fourth-order valence-electron chi connectivity index (χ4n) is 5.45. The lowest BCUT2D eigenvalue weighted by Gasteiger charge is -2.39. The Morgan fingerprint density at radius 1 is 0.860 bits per heavy atom. The molecule has 1 N–H and O–H groups in total. The van der Waals surface area contributed by atoms with Crippen LogP contribution in [0.2, 0.25) is 5.02 Å². The molecule has 0 unspecified atom stereocenters. The van der Waals surface area contributed by atoms with Crippen molar-refractivity contribution in [2.45, 2.75) is 10.9 Å². The van der Waals surface area contributed by atoms with Gasteiger partial charge >= 0.3 is 0 Å². The highest BCUT2D eigenvalue weighted by Gasteiger charge is 2.32. The number of piperazine rings is 1. The second-order valence-corrected chi connectivity index (χ2v) is 13.6. The first-order valence-electron chi connectivity index (χ1n) is 13.9. The van der Waals surface area contributed by atoms with E-state index in [-0.39, 0.29) is 16.8 Å². The van der Waals surface area contributed by atoms with Crippen LogP contribution in [0.5, 0.6) is 5.75 Å². The van der Waals surface area contributed by atoms with Crippen molar-refractivity contribution in [2.24, 2.45) is 0 Å². The molecule has 43 heavy (non-hydrogen) atoms. The average molecular weight is 632 g/mol. The molecule has 0 atom stereocenters. The van der Waals surface area contributed by atoms with Crippen molar-refractivity contribution in [3.8, 4) is 5.75 Å². The number of sulfonamides is 1. The molecule has 220 valence electrons. The molecule has 5 aromatic rings. The minimum Gasteiger partial charge on any atom is -0.497 e. The van der Waals surface area contributed by atoms with Crippen molar-refractivity contribution in [2.75, 3.05) is 38.6 Å². The monoisotopic (exact) mass is 631 g/mol. The summed E-state index contributed by atoms with van der Waals surface area (Å²) in [6.07, 6.45) is 0. The molecule has 4 aromatic carbocycles. The molecule has 7 nitrogen and oxygen atoms in total. The maximum Gasteiger partial charge on any atom is 0.267 e. The predicted molar refractivity (Wildman–Crippen MR) is 173 cm³/mol. The minimum absolute atomic E-state index is 0.0478. The van der Waals surface area contributed by atoms with Crippen LogP contribution < -0.4 is 10.1 Å². The second kappa shape index (κ2) is 12.5. The molecule has 1 fully saturated rings. The van der Waals surface area contributed by atoms with E-state index < -0.39 is 10.0 Å². The lowest BCUT2D eigenvalue weighted by molar-refractivity contribution is 0.103. The molecule has 1 aromatic heterocycles. The smallest absolute Gasteiger partial charge is 0.267 e. The number of carbonyl (C=O) groups is 1. The largest absolute Gasteiger partial charge is 0.497 e. The number of hydrogen-bond donors (Lipinski definition) is 1. The summed E-state index contributed by atoms with van der Waals surface area (Å²) in [5.74, 6) is 0.325. The first-order chi connectivity index (χ1) is 20.8. The van der Waals surface area contributed by atoms with Crippen LogP contribution >= 0.6 is 22.9 Å². The summed E-state index contributed by atoms with van der Waals surface area (Å²) >= 11 is 7.78. The molecule has 10 heteroatoms. The highest BCUT2D eigenvalue weighted by molar-refractivity contribution is 7.89. The number of rotatable bonds is 8. The van der Waals surface area contributed by atoms with E-state index in [2.05, 4.69) is 34.5 Å². The Hall–Kier alpha value is -3.73. The molecule has 2 heterocycles. The van der Waals surface area contributed by atoms with Gasteiger partial charge in [-0.15, -0.1) is 11.3 Å². The van der Waals surface area contributed by atoms with Crippen molar-refractivity contribution in [3.63, 3.8) is 0 Å². The van der Waals surface area contributed by atoms with Gasteiger partial charge in [0.2, 0.25) is 10.0 Å². The van der Waals surface area contributed by atoms with Gasteiger partial charge in [0.05, 0.1) is 23.1 Å². The average Bonchev–Trinajstić information content (AvgIpc) is 3.38. The Bertz CT molecular complexity index is 1800. The quantitative estimate of drug-likeness (QED) is 0.201. The van der Waals surface area contributed by atoms with Gasteiger partial charge in [-0.2, -0.15) is 4.31 Å². The molecule has 0 spiro atoms. The molecule has 1 amide bonds. The van der Waals surface area contributed by atoms with Crippen LogP contribution in [0.1, 0.15) is 26.8 Å². The topological polar surface area (TPSA) is 78.9 Å². The van der Waals surface area contributed by atoms with Gasteiger partial charge in [-0.25, -0.2) is 8.42 Å². The summed E-state index contributed by atoms with van der Waals surface area (Å²) in [5, 5.41) is 3.99. The van der Waals surface area contributed by atoms with Crippen molar-refractivity contribution < 1.29 is 17.9 Å². The summed E-state index contributed by atoms with van der Waals surface area (Å²) < 4.78 is 34.7. The Kier molecular flexibility index (Phi) is 8.52. The first-order valence-corrected chi connectivity index (χ1v) is 16.5. The maximum absolute atomic E-state index is 13.5. The highest BCUT2D eigenvalue weighted by atomic mass is 35.5. The van der Waals surface area contributed by atoms with Crippen LogP contribution in [0.25, 0.3) is 10.1 Å². The molecule has 1 saturated heterocycles. The number of methoxy groups -OCH3 is 1. The fourth-order valence-corrected chi connectivity index (χ4v) is 8.32. The van der Waals surface area contributed by atoms with E-state index in [9.17, 15) is 13.2 Å². The minimum atomic E-state index is -3.71. The molecule has 0 radical (unpaired) electrons. The summed E-state index contributed by atoms with van der Waals surface area (Å²) in [7, 11) is -2.12. The van der Waals surface area contributed by atoms with Crippen LogP contribution in [0, 0.1) is 0 Å². The Morgan fingerprint density at radius 3 is 2.05 bits per heavy atom. The normalized spacial score (nSPS) is 14.7. The number of ether oxygens (including phenoxy) is 1. The molecule has 0 aliphatic carbocycles. The number of benzene rings is 4. The molecule has 0 saturated carbocycles. The zero-order chi connectivity index (χ0) is 30.0. The van der Waals surface area contributed by atoms with Gasteiger partial charge in [-0.1, -0.05) is 72.3 Å². The van der Waals surface area contributed by atoms with E-state index in [0.29, 0.717) is 47.5 Å². The van der Waals surface area contributed by atoms with Crippen molar-refractivity contribution in [3.05, 3.63) is 124 Å². The number of carbonyl (C=O) groups excluding carboxylic acids is 1. The van der Waals surface area contributed by atoms with E-state index >= 15 is 0 Å². The fraction of sp³-hybridized carbons (Fsp3) is 0.182.